The van der Waals surface area contributed by atoms with Gasteiger partial charge in [-0.05, 0) is 17.7 Å². The summed E-state index contributed by atoms with van der Waals surface area (Å²) >= 11 is 0. The van der Waals surface area contributed by atoms with E-state index in [1.54, 1.807) is 0 Å². The van der Waals surface area contributed by atoms with Gasteiger partial charge in [0.1, 0.15) is 0 Å². The van der Waals surface area contributed by atoms with Crippen molar-refractivity contribution < 1.29 is 9.59 Å². The van der Waals surface area contributed by atoms with Gasteiger partial charge in [0.15, 0.2) is 11.6 Å². The first-order valence-corrected chi connectivity index (χ1v) is 2.63. The second-order valence-corrected chi connectivity index (χ2v) is 1.94. The van der Waals surface area contributed by atoms with Crippen molar-refractivity contribution in [1.82, 2.24) is 0 Å². The van der Waals surface area contributed by atoms with Gasteiger partial charge in [-0.25, -0.2) is 0 Å². The van der Waals surface area contributed by atoms with Crippen LogP contribution in [-0.4, -0.2) is 11.6 Å². The quantitative estimate of drug-likeness (QED) is 0.442. The average Bonchev–Trinajstić information content (AvgIpc) is 1.80. The molecule has 0 bridgehead atoms. The first kappa shape index (κ1) is 5.95. The van der Waals surface area contributed by atoms with Crippen molar-refractivity contribution >= 4 is 11.6 Å². The number of allylic oxidation sites excluding steroid dienone is 3. The molecule has 0 saturated heterocycles. The molecule has 0 aromatic carbocycles. The topological polar surface area (TPSA) is 34.1 Å². The van der Waals surface area contributed by atoms with Gasteiger partial charge in [-0.3, -0.25) is 9.59 Å². The minimum atomic E-state index is -0.130. The van der Waals surface area contributed by atoms with E-state index in [-0.39, 0.29) is 18.0 Å². The third kappa shape index (κ3) is 1.13. The zero-order valence-electron chi connectivity index (χ0n) is 4.89. The Bertz CT molecular complexity index is 211. The Morgan fingerprint density at radius 1 is 1.33 bits per heavy atom. The highest BCUT2D eigenvalue weighted by atomic mass is 16.1. The van der Waals surface area contributed by atoms with Gasteiger partial charge in [-0.2, -0.15) is 0 Å². The van der Waals surface area contributed by atoms with E-state index < -0.39 is 0 Å². The Morgan fingerprint density at radius 2 is 2.00 bits per heavy atom. The molecule has 1 rings (SSSR count). The summed E-state index contributed by atoms with van der Waals surface area (Å²) in [5.74, 6) is -0.172. The molecule has 1 aliphatic carbocycles. The predicted octanol–water partition coefficient (Wildman–Crippen LogP) is 0.641. The van der Waals surface area contributed by atoms with Crippen molar-refractivity contribution in [1.29, 1.82) is 0 Å². The highest BCUT2D eigenvalue weighted by Gasteiger charge is 2.12. The second-order valence-electron chi connectivity index (χ2n) is 1.94. The minimum absolute atomic E-state index is 0.0420. The maximum absolute atomic E-state index is 10.6. The number of carbonyl (C=O) groups is 2. The number of rotatable bonds is 0. The van der Waals surface area contributed by atoms with Gasteiger partial charge in [0.2, 0.25) is 0 Å². The van der Waals surface area contributed by atoms with Crippen LogP contribution >= 0.6 is 0 Å². The molecule has 0 heterocycles. The van der Waals surface area contributed by atoms with E-state index in [1.807, 2.05) is 0 Å². The molecule has 2 heteroatoms. The van der Waals surface area contributed by atoms with E-state index in [9.17, 15) is 9.59 Å². The van der Waals surface area contributed by atoms with Crippen LogP contribution in [0.15, 0.2) is 24.3 Å². The largest absolute Gasteiger partial charge is 0.294 e. The van der Waals surface area contributed by atoms with E-state index in [0.717, 1.165) is 0 Å². The molecule has 0 aromatic heterocycles. The van der Waals surface area contributed by atoms with Crippen LogP contribution in [0.5, 0.6) is 0 Å². The molecule has 0 unspecified atom stereocenters. The highest BCUT2D eigenvalue weighted by Crippen LogP contribution is 2.07. The summed E-state index contributed by atoms with van der Waals surface area (Å²) in [7, 11) is 0. The summed E-state index contributed by atoms with van der Waals surface area (Å²) in [6, 6.07) is 0. The van der Waals surface area contributed by atoms with Crippen molar-refractivity contribution in [3.63, 3.8) is 0 Å². The standard InChI is InChI=1S/C7H6O2/c1-5-4-6(8)2-3-7(5)9/h2-3H,1,4H2. The van der Waals surface area contributed by atoms with Crippen LogP contribution in [0.3, 0.4) is 0 Å². The summed E-state index contributed by atoms with van der Waals surface area (Å²) in [5.41, 5.74) is 0.391. The molecule has 0 atom stereocenters. The van der Waals surface area contributed by atoms with Crippen molar-refractivity contribution in [2.24, 2.45) is 0 Å². The van der Waals surface area contributed by atoms with Crippen LogP contribution in [0.1, 0.15) is 6.42 Å². The molecule has 0 saturated carbocycles. The molecule has 2 nitrogen and oxygen atoms in total. The molecule has 0 N–H and O–H groups in total. The van der Waals surface area contributed by atoms with Gasteiger partial charge in [-0.15, -0.1) is 0 Å². The van der Waals surface area contributed by atoms with Crippen molar-refractivity contribution in [2.45, 2.75) is 6.42 Å². The lowest BCUT2D eigenvalue weighted by Gasteiger charge is -2.01. The van der Waals surface area contributed by atoms with E-state index in [0.29, 0.717) is 5.57 Å². The average molecular weight is 122 g/mol. The molecule has 0 fully saturated rings. The Morgan fingerprint density at radius 3 is 2.44 bits per heavy atom. The number of ketones is 2. The van der Waals surface area contributed by atoms with Crippen LogP contribution in [0.25, 0.3) is 0 Å². The maximum atomic E-state index is 10.6. The van der Waals surface area contributed by atoms with Gasteiger partial charge in [0, 0.05) is 6.42 Å². The summed E-state index contributed by atoms with van der Waals surface area (Å²) < 4.78 is 0. The zero-order valence-corrected chi connectivity index (χ0v) is 4.89. The monoisotopic (exact) mass is 122 g/mol. The van der Waals surface area contributed by atoms with Crippen LogP contribution in [0.4, 0.5) is 0 Å². The lowest BCUT2D eigenvalue weighted by atomic mass is 10.0. The lowest BCUT2D eigenvalue weighted by molar-refractivity contribution is -0.118. The Kier molecular flexibility index (Phi) is 1.30. The van der Waals surface area contributed by atoms with Gasteiger partial charge < -0.3 is 0 Å². The summed E-state index contributed by atoms with van der Waals surface area (Å²) in [5, 5.41) is 0. The molecule has 1 aliphatic rings. The molecule has 0 radical (unpaired) electrons. The zero-order chi connectivity index (χ0) is 6.85. The summed E-state index contributed by atoms with van der Waals surface area (Å²) in [6.45, 7) is 3.42. The Labute approximate surface area is 52.9 Å². The van der Waals surface area contributed by atoms with E-state index in [1.165, 1.54) is 12.2 Å². The Hall–Kier alpha value is -1.18. The first-order chi connectivity index (χ1) is 4.20. The van der Waals surface area contributed by atoms with Gasteiger partial charge in [0.25, 0.3) is 0 Å². The highest BCUT2D eigenvalue weighted by molar-refractivity contribution is 6.14. The number of carbonyl (C=O) groups excluding carboxylic acids is 2. The van der Waals surface area contributed by atoms with Crippen LogP contribution in [-0.2, 0) is 9.59 Å². The van der Waals surface area contributed by atoms with Gasteiger partial charge in [0.05, 0.1) is 0 Å². The molecule has 0 amide bonds. The Balaban J connectivity index is 2.89. The maximum Gasteiger partial charge on any atom is 0.181 e. The molecular weight excluding hydrogens is 116 g/mol. The van der Waals surface area contributed by atoms with Gasteiger partial charge >= 0.3 is 0 Å². The predicted molar refractivity (Wildman–Crippen MR) is 32.9 cm³/mol. The first-order valence-electron chi connectivity index (χ1n) is 2.63. The van der Waals surface area contributed by atoms with Crippen LogP contribution in [0, 0.1) is 0 Å². The van der Waals surface area contributed by atoms with E-state index in [2.05, 4.69) is 6.58 Å². The van der Waals surface area contributed by atoms with Crippen molar-refractivity contribution in [2.75, 3.05) is 0 Å². The van der Waals surface area contributed by atoms with Crippen LogP contribution in [0.2, 0.25) is 0 Å². The molecule has 9 heavy (non-hydrogen) atoms. The van der Waals surface area contributed by atoms with E-state index in [4.69, 9.17) is 0 Å². The third-order valence-corrected chi connectivity index (χ3v) is 1.16. The fraction of sp³-hybridized carbons (Fsp3) is 0.143. The molecule has 0 spiro atoms. The minimum Gasteiger partial charge on any atom is -0.294 e. The fourth-order valence-electron chi connectivity index (χ4n) is 0.643. The molecule has 46 valence electrons. The third-order valence-electron chi connectivity index (χ3n) is 1.16. The molecule has 0 aliphatic heterocycles. The van der Waals surface area contributed by atoms with Crippen molar-refractivity contribution in [3.8, 4) is 0 Å². The van der Waals surface area contributed by atoms with Gasteiger partial charge in [-0.1, -0.05) is 6.58 Å². The summed E-state index contributed by atoms with van der Waals surface area (Å²) in [6.07, 6.45) is 2.74. The number of hydrogen-bond donors (Lipinski definition) is 0. The smallest absolute Gasteiger partial charge is 0.181 e. The van der Waals surface area contributed by atoms with E-state index >= 15 is 0 Å². The fourth-order valence-corrected chi connectivity index (χ4v) is 0.643. The molecule has 0 aromatic rings. The number of hydrogen-bond acceptors (Lipinski definition) is 2. The molecular formula is C7H6O2. The second kappa shape index (κ2) is 1.97. The normalized spacial score (nSPS) is 18.9. The van der Waals surface area contributed by atoms with Crippen LogP contribution < -0.4 is 0 Å². The van der Waals surface area contributed by atoms with Crippen molar-refractivity contribution in [3.05, 3.63) is 24.3 Å². The SMILES string of the molecule is C=C1CC(=O)C=CC1=O. The summed E-state index contributed by atoms with van der Waals surface area (Å²) in [4.78, 5) is 21.1. The lowest BCUT2D eigenvalue weighted by Crippen LogP contribution is -2.08.